The van der Waals surface area contributed by atoms with Gasteiger partial charge in [-0.05, 0) is 32.4 Å². The lowest BCUT2D eigenvalue weighted by Gasteiger charge is -2.25. The fourth-order valence-electron chi connectivity index (χ4n) is 2.21. The van der Waals surface area contributed by atoms with Crippen molar-refractivity contribution >= 4 is 0 Å². The molecule has 16 heavy (non-hydrogen) atoms. The molecule has 0 aliphatic carbocycles. The van der Waals surface area contributed by atoms with Gasteiger partial charge < -0.3 is 15.2 Å². The normalized spacial score (nSPS) is 20.7. The Bertz CT molecular complexity index is 346. The molecule has 0 aromatic heterocycles. The van der Waals surface area contributed by atoms with Crippen molar-refractivity contribution in [1.29, 1.82) is 0 Å². The highest BCUT2D eigenvalue weighted by molar-refractivity contribution is 5.47. The summed E-state index contributed by atoms with van der Waals surface area (Å²) in [6.45, 7) is 3.53. The molecule has 3 heteroatoms. The number of phenolic OH excluding ortho intramolecular Hbond substituents is 1. The second-order valence-corrected chi connectivity index (χ2v) is 4.13. The van der Waals surface area contributed by atoms with Gasteiger partial charge in [0.15, 0.2) is 11.5 Å². The van der Waals surface area contributed by atoms with Gasteiger partial charge in [-0.25, -0.2) is 0 Å². The lowest BCUT2D eigenvalue weighted by Crippen LogP contribution is -2.26. The molecule has 1 saturated heterocycles. The first-order chi connectivity index (χ1) is 7.83. The monoisotopic (exact) mass is 221 g/mol. The summed E-state index contributed by atoms with van der Waals surface area (Å²) in [6.07, 6.45) is 3.53. The molecule has 0 saturated carbocycles. The van der Waals surface area contributed by atoms with Crippen molar-refractivity contribution in [3.8, 4) is 11.5 Å². The van der Waals surface area contributed by atoms with Crippen LogP contribution in [0.1, 0.15) is 37.8 Å². The molecule has 88 valence electrons. The first-order valence-electron chi connectivity index (χ1n) is 6.01. The number of ether oxygens (including phenoxy) is 1. The Morgan fingerprint density at radius 1 is 1.44 bits per heavy atom. The Morgan fingerprint density at radius 3 is 3.00 bits per heavy atom. The topological polar surface area (TPSA) is 41.5 Å². The van der Waals surface area contributed by atoms with E-state index < -0.39 is 0 Å². The summed E-state index contributed by atoms with van der Waals surface area (Å²) in [7, 11) is 0. The van der Waals surface area contributed by atoms with Gasteiger partial charge in [0.1, 0.15) is 0 Å². The molecule has 0 unspecified atom stereocenters. The summed E-state index contributed by atoms with van der Waals surface area (Å²) in [5.74, 6) is 0.885. The van der Waals surface area contributed by atoms with E-state index in [1.165, 1.54) is 12.8 Å². The van der Waals surface area contributed by atoms with Crippen molar-refractivity contribution in [1.82, 2.24) is 5.32 Å². The van der Waals surface area contributed by atoms with E-state index in [4.69, 9.17) is 4.74 Å². The zero-order chi connectivity index (χ0) is 11.4. The molecule has 0 spiro atoms. The lowest BCUT2D eigenvalue weighted by molar-refractivity contribution is 0.312. The number of para-hydroxylation sites is 1. The number of hydrogen-bond acceptors (Lipinski definition) is 3. The maximum absolute atomic E-state index is 10.1. The number of benzene rings is 1. The predicted octanol–water partition coefficient (Wildman–Crippen LogP) is 2.61. The van der Waals surface area contributed by atoms with Crippen LogP contribution in [0, 0.1) is 0 Å². The van der Waals surface area contributed by atoms with Crippen LogP contribution >= 0.6 is 0 Å². The Kier molecular flexibility index (Phi) is 3.67. The van der Waals surface area contributed by atoms with Crippen LogP contribution < -0.4 is 10.1 Å². The average Bonchev–Trinajstić information content (AvgIpc) is 2.33. The van der Waals surface area contributed by atoms with Gasteiger partial charge in [-0.2, -0.15) is 0 Å². The summed E-state index contributed by atoms with van der Waals surface area (Å²) in [5.41, 5.74) is 0.964. The minimum Gasteiger partial charge on any atom is -0.504 e. The van der Waals surface area contributed by atoms with E-state index in [9.17, 15) is 5.11 Å². The Hall–Kier alpha value is -1.22. The van der Waals surface area contributed by atoms with E-state index in [2.05, 4.69) is 5.32 Å². The van der Waals surface area contributed by atoms with Gasteiger partial charge in [-0.3, -0.25) is 0 Å². The van der Waals surface area contributed by atoms with Crippen LogP contribution in [-0.4, -0.2) is 18.3 Å². The maximum Gasteiger partial charge on any atom is 0.162 e. The molecule has 2 N–H and O–H groups in total. The molecule has 0 radical (unpaired) electrons. The van der Waals surface area contributed by atoms with Gasteiger partial charge in [0.2, 0.25) is 0 Å². The second-order valence-electron chi connectivity index (χ2n) is 4.13. The minimum atomic E-state index is 0.272. The average molecular weight is 221 g/mol. The van der Waals surface area contributed by atoms with Gasteiger partial charge >= 0.3 is 0 Å². The maximum atomic E-state index is 10.1. The van der Waals surface area contributed by atoms with Crippen LogP contribution in [0.3, 0.4) is 0 Å². The fraction of sp³-hybridized carbons (Fsp3) is 0.538. The molecule has 1 atom stereocenters. The molecule has 3 nitrogen and oxygen atoms in total. The smallest absolute Gasteiger partial charge is 0.162 e. The minimum absolute atomic E-state index is 0.272. The van der Waals surface area contributed by atoms with Crippen LogP contribution in [0.5, 0.6) is 11.5 Å². The zero-order valence-corrected chi connectivity index (χ0v) is 9.70. The van der Waals surface area contributed by atoms with Gasteiger partial charge in [-0.15, -0.1) is 0 Å². The number of aromatic hydroxyl groups is 1. The number of phenols is 1. The molecular weight excluding hydrogens is 202 g/mol. The van der Waals surface area contributed by atoms with E-state index in [-0.39, 0.29) is 6.04 Å². The number of hydrogen-bond donors (Lipinski definition) is 2. The third-order valence-corrected chi connectivity index (χ3v) is 3.02. The first kappa shape index (κ1) is 11.3. The van der Waals surface area contributed by atoms with E-state index in [0.717, 1.165) is 18.5 Å². The molecule has 1 aromatic carbocycles. The quantitative estimate of drug-likeness (QED) is 0.824. The molecule has 1 aliphatic rings. The van der Waals surface area contributed by atoms with E-state index in [1.807, 2.05) is 25.1 Å². The van der Waals surface area contributed by atoms with Crippen molar-refractivity contribution in [3.63, 3.8) is 0 Å². The van der Waals surface area contributed by atoms with Crippen molar-refractivity contribution < 1.29 is 9.84 Å². The largest absolute Gasteiger partial charge is 0.504 e. The highest BCUT2D eigenvalue weighted by atomic mass is 16.5. The number of nitrogens with one attached hydrogen (secondary N) is 1. The predicted molar refractivity (Wildman–Crippen MR) is 63.9 cm³/mol. The van der Waals surface area contributed by atoms with E-state index >= 15 is 0 Å². The summed E-state index contributed by atoms with van der Waals surface area (Å²) >= 11 is 0. The third kappa shape index (κ3) is 2.30. The van der Waals surface area contributed by atoms with Crippen molar-refractivity contribution in [2.75, 3.05) is 13.2 Å². The Morgan fingerprint density at radius 2 is 2.31 bits per heavy atom. The molecule has 1 aromatic rings. The van der Waals surface area contributed by atoms with Gasteiger partial charge in [0.05, 0.1) is 6.61 Å². The first-order valence-corrected chi connectivity index (χ1v) is 6.01. The molecule has 2 rings (SSSR count). The van der Waals surface area contributed by atoms with Crippen molar-refractivity contribution in [3.05, 3.63) is 23.8 Å². The fourth-order valence-corrected chi connectivity index (χ4v) is 2.21. The number of rotatable bonds is 3. The highest BCUT2D eigenvalue weighted by Gasteiger charge is 2.19. The van der Waals surface area contributed by atoms with Crippen LogP contribution in [0.2, 0.25) is 0 Å². The number of piperidine rings is 1. The molecule has 0 amide bonds. The molecular formula is C13H19NO2. The third-order valence-electron chi connectivity index (χ3n) is 3.02. The molecule has 1 fully saturated rings. The van der Waals surface area contributed by atoms with Crippen LogP contribution in [0.25, 0.3) is 0 Å². The Labute approximate surface area is 96.4 Å². The highest BCUT2D eigenvalue weighted by Crippen LogP contribution is 2.36. The summed E-state index contributed by atoms with van der Waals surface area (Å²) in [4.78, 5) is 0. The van der Waals surface area contributed by atoms with Gasteiger partial charge in [-0.1, -0.05) is 18.6 Å². The molecule has 0 bridgehead atoms. The summed E-state index contributed by atoms with van der Waals surface area (Å²) in [6, 6.07) is 6.00. The SMILES string of the molecule is CCOc1cccc([C@@H]2CCCCN2)c1O. The zero-order valence-electron chi connectivity index (χ0n) is 9.70. The molecule has 1 heterocycles. The van der Waals surface area contributed by atoms with Crippen LogP contribution in [0.4, 0.5) is 0 Å². The molecule has 1 aliphatic heterocycles. The van der Waals surface area contributed by atoms with Crippen LogP contribution in [0.15, 0.2) is 18.2 Å². The van der Waals surface area contributed by atoms with Gasteiger partial charge in [0.25, 0.3) is 0 Å². The lowest BCUT2D eigenvalue weighted by atomic mass is 9.96. The standard InChI is InChI=1S/C13H19NO2/c1-2-16-12-8-5-6-10(13(12)15)11-7-3-4-9-14-11/h5-6,8,11,14-15H,2-4,7,9H2,1H3/t11-/m0/s1. The van der Waals surface area contributed by atoms with Crippen LogP contribution in [-0.2, 0) is 0 Å². The van der Waals surface area contributed by atoms with Gasteiger partial charge in [0, 0.05) is 11.6 Å². The summed E-state index contributed by atoms with van der Waals surface area (Å²) in [5, 5.41) is 13.5. The van der Waals surface area contributed by atoms with E-state index in [0.29, 0.717) is 18.1 Å². The van der Waals surface area contributed by atoms with E-state index in [1.54, 1.807) is 0 Å². The summed E-state index contributed by atoms with van der Waals surface area (Å²) < 4.78 is 5.39. The van der Waals surface area contributed by atoms with Crippen molar-refractivity contribution in [2.45, 2.75) is 32.2 Å². The Balaban J connectivity index is 2.22. The van der Waals surface area contributed by atoms with Crippen molar-refractivity contribution in [2.24, 2.45) is 0 Å². The second kappa shape index (κ2) is 5.21.